The molecule has 0 saturated heterocycles. The maximum absolute atomic E-state index is 12.3. The molecule has 10 heteroatoms. The van der Waals surface area contributed by atoms with E-state index in [1.54, 1.807) is 0 Å². The minimum atomic E-state index is -4.88. The number of hydrogen-bond donors (Lipinski definition) is 4. The fourth-order valence-corrected chi connectivity index (χ4v) is 2.61. The molecule has 3 atom stereocenters. The molecule has 0 aliphatic carbocycles. The van der Waals surface area contributed by atoms with Gasteiger partial charge in [0.05, 0.1) is 0 Å². The average Bonchev–Trinajstić information content (AvgIpc) is 2.22. The van der Waals surface area contributed by atoms with Crippen molar-refractivity contribution in [2.45, 2.75) is 37.6 Å². The van der Waals surface area contributed by atoms with Gasteiger partial charge in [-0.05, 0) is 19.8 Å². The van der Waals surface area contributed by atoms with Crippen LogP contribution in [0.2, 0.25) is 0 Å². The first-order valence-corrected chi connectivity index (χ1v) is 7.20. The largest absolute Gasteiger partial charge is 0.480 e. The lowest BCUT2D eigenvalue weighted by Crippen LogP contribution is -2.43. The fourth-order valence-electron chi connectivity index (χ4n) is 1.05. The number of aliphatic carboxylic acids is 1. The van der Waals surface area contributed by atoms with E-state index in [-0.39, 0.29) is 6.42 Å². The van der Waals surface area contributed by atoms with Gasteiger partial charge < -0.3 is 15.9 Å². The number of nitrogens with one attached hydrogen (secondary N) is 1. The van der Waals surface area contributed by atoms with E-state index in [0.717, 1.165) is 0 Å². The van der Waals surface area contributed by atoms with Crippen molar-refractivity contribution < 1.29 is 32.4 Å². The first kappa shape index (κ1) is 18.1. The van der Waals surface area contributed by atoms with E-state index in [9.17, 15) is 22.2 Å². The van der Waals surface area contributed by atoms with E-state index in [1.807, 2.05) is 0 Å². The van der Waals surface area contributed by atoms with Crippen LogP contribution in [0.1, 0.15) is 19.8 Å². The summed E-state index contributed by atoms with van der Waals surface area (Å²) in [5.41, 5.74) is 2.11. The standard InChI is InChI=1S/C9H17F3N2O4S/c1-8(17,9(10,11)12)3-5-19(14,18)4-2-6(13)7(15)16/h6,14,17H,2-5,13H2,1H3,(H,15,16). The molecule has 0 aliphatic rings. The lowest BCUT2D eigenvalue weighted by atomic mass is 10.0. The SMILES string of the molecule is CC(O)(CCS(=N)(=O)CCC(N)C(=O)O)C(F)(F)F. The van der Waals surface area contributed by atoms with Gasteiger partial charge in [0.1, 0.15) is 6.04 Å². The minimum absolute atomic E-state index is 0.272. The van der Waals surface area contributed by atoms with Crippen LogP contribution in [0.4, 0.5) is 13.2 Å². The van der Waals surface area contributed by atoms with Crippen molar-refractivity contribution in [2.24, 2.45) is 5.73 Å². The first-order chi connectivity index (χ1) is 8.28. The summed E-state index contributed by atoms with van der Waals surface area (Å²) in [5.74, 6) is -2.43. The van der Waals surface area contributed by atoms with Crippen LogP contribution in [-0.2, 0) is 14.5 Å². The topological polar surface area (TPSA) is 124 Å². The Kier molecular flexibility index (Phi) is 5.78. The van der Waals surface area contributed by atoms with Crippen LogP contribution in [0.3, 0.4) is 0 Å². The molecule has 0 aromatic heterocycles. The molecule has 19 heavy (non-hydrogen) atoms. The van der Waals surface area contributed by atoms with E-state index >= 15 is 0 Å². The van der Waals surface area contributed by atoms with Crippen molar-refractivity contribution in [3.05, 3.63) is 0 Å². The van der Waals surface area contributed by atoms with E-state index in [2.05, 4.69) is 0 Å². The zero-order chi connectivity index (χ0) is 15.5. The molecule has 5 N–H and O–H groups in total. The molecule has 0 saturated carbocycles. The Bertz CT molecular complexity index is 420. The number of hydrogen-bond acceptors (Lipinski definition) is 5. The van der Waals surface area contributed by atoms with Crippen molar-refractivity contribution in [1.29, 1.82) is 4.78 Å². The normalized spacial score (nSPS) is 20.3. The molecular formula is C9H17F3N2O4S. The number of rotatable bonds is 7. The van der Waals surface area contributed by atoms with Gasteiger partial charge in [0, 0.05) is 21.2 Å². The third-order valence-electron chi connectivity index (χ3n) is 2.61. The van der Waals surface area contributed by atoms with E-state index in [1.165, 1.54) is 0 Å². The van der Waals surface area contributed by atoms with Gasteiger partial charge in [-0.15, -0.1) is 0 Å². The lowest BCUT2D eigenvalue weighted by Gasteiger charge is -2.26. The summed E-state index contributed by atoms with van der Waals surface area (Å²) >= 11 is 0. The average molecular weight is 306 g/mol. The third-order valence-corrected chi connectivity index (χ3v) is 4.36. The van der Waals surface area contributed by atoms with E-state index in [4.69, 9.17) is 20.7 Å². The lowest BCUT2D eigenvalue weighted by molar-refractivity contribution is -0.253. The summed E-state index contributed by atoms with van der Waals surface area (Å²) in [6.45, 7) is 0.533. The smallest absolute Gasteiger partial charge is 0.416 e. The van der Waals surface area contributed by atoms with Crippen LogP contribution >= 0.6 is 0 Å². The molecule has 0 aromatic rings. The van der Waals surface area contributed by atoms with Crippen LogP contribution in [0.15, 0.2) is 0 Å². The second-order valence-corrected chi connectivity index (χ2v) is 6.92. The molecule has 0 fully saturated rings. The van der Waals surface area contributed by atoms with Gasteiger partial charge in [0.25, 0.3) is 0 Å². The summed E-state index contributed by atoms with van der Waals surface area (Å²) in [6.07, 6.45) is -6.03. The molecule has 0 spiro atoms. The summed E-state index contributed by atoms with van der Waals surface area (Å²) in [7, 11) is -3.41. The van der Waals surface area contributed by atoms with Crippen LogP contribution in [0.25, 0.3) is 0 Å². The second kappa shape index (κ2) is 6.06. The van der Waals surface area contributed by atoms with Crippen LogP contribution in [-0.4, -0.2) is 49.7 Å². The van der Waals surface area contributed by atoms with E-state index < -0.39 is 51.4 Å². The van der Waals surface area contributed by atoms with Gasteiger partial charge in [-0.25, -0.2) is 4.21 Å². The molecule has 0 aromatic carbocycles. The highest BCUT2D eigenvalue weighted by molar-refractivity contribution is 7.92. The Labute approximate surface area is 108 Å². The Balaban J connectivity index is 4.45. The Hall–Kier alpha value is -0.870. The molecule has 0 aliphatic heterocycles. The first-order valence-electron chi connectivity index (χ1n) is 5.30. The summed E-state index contributed by atoms with van der Waals surface area (Å²) in [6, 6.07) is -1.31. The minimum Gasteiger partial charge on any atom is -0.480 e. The van der Waals surface area contributed by atoms with Crippen LogP contribution < -0.4 is 5.73 Å². The van der Waals surface area contributed by atoms with E-state index in [0.29, 0.717) is 6.92 Å². The molecule has 0 rings (SSSR count). The van der Waals surface area contributed by atoms with Crippen molar-refractivity contribution >= 4 is 15.7 Å². The molecule has 3 unspecified atom stereocenters. The van der Waals surface area contributed by atoms with Gasteiger partial charge in [0.2, 0.25) is 0 Å². The van der Waals surface area contributed by atoms with Gasteiger partial charge in [-0.1, -0.05) is 0 Å². The molecule has 0 radical (unpaired) electrons. The molecule has 6 nitrogen and oxygen atoms in total. The van der Waals surface area contributed by atoms with Gasteiger partial charge in [0.15, 0.2) is 5.60 Å². The summed E-state index contributed by atoms with van der Waals surface area (Å²) in [5, 5.41) is 17.6. The molecule has 0 amide bonds. The van der Waals surface area contributed by atoms with Crippen molar-refractivity contribution in [1.82, 2.24) is 0 Å². The number of nitrogens with two attached hydrogens (primary N) is 1. The number of aliphatic hydroxyl groups is 1. The van der Waals surface area contributed by atoms with Crippen LogP contribution in [0, 0.1) is 4.78 Å². The fraction of sp³-hybridized carbons (Fsp3) is 0.889. The second-order valence-electron chi connectivity index (χ2n) is 4.48. The predicted molar refractivity (Wildman–Crippen MR) is 62.1 cm³/mol. The maximum atomic E-state index is 12.3. The van der Waals surface area contributed by atoms with Crippen molar-refractivity contribution in [2.75, 3.05) is 11.5 Å². The number of halogens is 3. The zero-order valence-corrected chi connectivity index (χ0v) is 11.1. The Morgan fingerprint density at radius 2 is 1.89 bits per heavy atom. The summed E-state index contributed by atoms with van der Waals surface area (Å²) in [4.78, 5) is 10.4. The highest BCUT2D eigenvalue weighted by Crippen LogP contribution is 2.32. The molecular weight excluding hydrogens is 289 g/mol. The van der Waals surface area contributed by atoms with Crippen LogP contribution in [0.5, 0.6) is 0 Å². The van der Waals surface area contributed by atoms with Crippen molar-refractivity contribution in [3.63, 3.8) is 0 Å². The molecule has 0 heterocycles. The number of carboxylic acid groups (broad SMARTS) is 1. The number of carboxylic acids is 1. The number of alkyl halides is 3. The highest BCUT2D eigenvalue weighted by Gasteiger charge is 2.49. The van der Waals surface area contributed by atoms with Crippen molar-refractivity contribution in [3.8, 4) is 0 Å². The van der Waals surface area contributed by atoms with Gasteiger partial charge >= 0.3 is 12.1 Å². The Morgan fingerprint density at radius 3 is 2.26 bits per heavy atom. The van der Waals surface area contributed by atoms with Gasteiger partial charge in [-0.2, -0.15) is 13.2 Å². The number of carbonyl (C=O) groups is 1. The third kappa shape index (κ3) is 6.21. The summed E-state index contributed by atoms with van der Waals surface area (Å²) < 4.78 is 56.0. The zero-order valence-electron chi connectivity index (χ0n) is 10.2. The molecule has 0 bridgehead atoms. The Morgan fingerprint density at radius 1 is 1.42 bits per heavy atom. The quantitative estimate of drug-likeness (QED) is 0.546. The maximum Gasteiger partial charge on any atom is 0.416 e. The molecule has 114 valence electrons. The highest BCUT2D eigenvalue weighted by atomic mass is 32.2. The predicted octanol–water partition coefficient (Wildman–Crippen LogP) is 0.539. The van der Waals surface area contributed by atoms with Gasteiger partial charge in [-0.3, -0.25) is 9.57 Å². The monoisotopic (exact) mass is 306 g/mol.